The van der Waals surface area contributed by atoms with E-state index in [0.717, 1.165) is 24.9 Å². The number of hydrogen-bond donors (Lipinski definition) is 1. The molecule has 0 aliphatic carbocycles. The maximum Gasteiger partial charge on any atom is 0.288 e. The summed E-state index contributed by atoms with van der Waals surface area (Å²) in [7, 11) is -3.71. The number of nitrogens with zero attached hydrogens (tertiary/aromatic N) is 2. The molecule has 1 heterocycles. The van der Waals surface area contributed by atoms with Gasteiger partial charge in [0.05, 0.1) is 4.92 Å². The monoisotopic (exact) mass is 389 g/mol. The molecule has 0 aromatic heterocycles. The normalized spacial score (nSPS) is 15.6. The van der Waals surface area contributed by atoms with E-state index in [9.17, 15) is 18.5 Å². The van der Waals surface area contributed by atoms with E-state index in [2.05, 4.69) is 22.3 Å². The number of nitrogens with one attached hydrogen (secondary N) is 1. The van der Waals surface area contributed by atoms with E-state index >= 15 is 0 Å². The molecule has 0 amide bonds. The lowest BCUT2D eigenvalue weighted by molar-refractivity contribution is -0.387. The predicted octanol–water partition coefficient (Wildman–Crippen LogP) is 3.77. The summed E-state index contributed by atoms with van der Waals surface area (Å²) in [5.41, 5.74) is 2.37. The van der Waals surface area contributed by atoms with Gasteiger partial charge in [-0.3, -0.25) is 10.1 Å². The van der Waals surface area contributed by atoms with Gasteiger partial charge in [0.15, 0.2) is 9.84 Å². The second kappa shape index (κ2) is 7.56. The minimum absolute atomic E-state index is 0.0820. The molecule has 0 spiro atoms. The van der Waals surface area contributed by atoms with Crippen molar-refractivity contribution in [2.75, 3.05) is 29.6 Å². The van der Waals surface area contributed by atoms with Gasteiger partial charge in [-0.2, -0.15) is 0 Å². The Hall–Kier alpha value is -2.61. The Morgan fingerprint density at radius 2 is 1.85 bits per heavy atom. The van der Waals surface area contributed by atoms with E-state index in [1.165, 1.54) is 36.7 Å². The van der Waals surface area contributed by atoms with Crippen molar-refractivity contribution in [1.29, 1.82) is 0 Å². The molecule has 7 nitrogen and oxygen atoms in total. The van der Waals surface area contributed by atoms with Crippen LogP contribution < -0.4 is 10.2 Å². The van der Waals surface area contributed by atoms with Crippen LogP contribution in [0.3, 0.4) is 0 Å². The quantitative estimate of drug-likeness (QED) is 0.597. The van der Waals surface area contributed by atoms with E-state index in [-0.39, 0.29) is 10.9 Å². The largest absolute Gasteiger partial charge is 0.378 e. The van der Waals surface area contributed by atoms with Crippen molar-refractivity contribution in [3.05, 3.63) is 58.1 Å². The lowest BCUT2D eigenvalue weighted by atomic mass is 10.1. The van der Waals surface area contributed by atoms with Crippen LogP contribution in [-0.2, 0) is 9.84 Å². The highest BCUT2D eigenvalue weighted by Gasteiger charge is 2.23. The van der Waals surface area contributed by atoms with Crippen LogP contribution in [0.1, 0.15) is 31.4 Å². The molecular formula is C19H23N3O4S. The van der Waals surface area contributed by atoms with E-state index in [0.29, 0.717) is 5.69 Å². The molecule has 1 N–H and O–H groups in total. The smallest absolute Gasteiger partial charge is 0.288 e. The minimum Gasteiger partial charge on any atom is -0.378 e. The number of nitro benzene ring substituents is 1. The zero-order chi connectivity index (χ0) is 19.6. The summed E-state index contributed by atoms with van der Waals surface area (Å²) in [5, 5.41) is 14.4. The fourth-order valence-electron chi connectivity index (χ4n) is 3.35. The molecule has 3 rings (SSSR count). The number of rotatable bonds is 6. The van der Waals surface area contributed by atoms with Gasteiger partial charge in [0, 0.05) is 42.8 Å². The van der Waals surface area contributed by atoms with Crippen LogP contribution in [0, 0.1) is 10.1 Å². The maximum atomic E-state index is 11.9. The minimum atomic E-state index is -3.71. The van der Waals surface area contributed by atoms with Gasteiger partial charge in [-0.1, -0.05) is 12.1 Å². The van der Waals surface area contributed by atoms with Gasteiger partial charge in [-0.15, -0.1) is 0 Å². The Morgan fingerprint density at radius 1 is 1.15 bits per heavy atom. The van der Waals surface area contributed by atoms with E-state index < -0.39 is 20.4 Å². The van der Waals surface area contributed by atoms with Gasteiger partial charge < -0.3 is 10.2 Å². The zero-order valence-corrected chi connectivity index (χ0v) is 16.2. The second-order valence-corrected chi connectivity index (χ2v) is 8.85. The molecule has 1 saturated heterocycles. The first kappa shape index (κ1) is 19.2. The summed E-state index contributed by atoms with van der Waals surface area (Å²) in [4.78, 5) is 12.5. The standard InChI is InChI=1S/C19H23N3O4S/c1-14(15-6-5-7-17(12-15)21-10-3-4-11-21)20-16-8-9-18(22(23)24)19(13-16)27(2,25)26/h5-9,12-14,20H,3-4,10-11H2,1-2H3. The Kier molecular flexibility index (Phi) is 5.36. The summed E-state index contributed by atoms with van der Waals surface area (Å²) in [6.45, 7) is 4.10. The third kappa shape index (κ3) is 4.39. The summed E-state index contributed by atoms with van der Waals surface area (Å²) < 4.78 is 23.8. The topological polar surface area (TPSA) is 92.5 Å². The van der Waals surface area contributed by atoms with Gasteiger partial charge in [0.25, 0.3) is 5.69 Å². The first-order valence-corrected chi connectivity index (χ1v) is 10.7. The molecule has 1 fully saturated rings. The van der Waals surface area contributed by atoms with Crippen LogP contribution >= 0.6 is 0 Å². The van der Waals surface area contributed by atoms with Gasteiger partial charge in [0.1, 0.15) is 4.90 Å². The summed E-state index contributed by atoms with van der Waals surface area (Å²) >= 11 is 0. The Morgan fingerprint density at radius 3 is 2.48 bits per heavy atom. The van der Waals surface area contributed by atoms with Gasteiger partial charge in [-0.05, 0) is 49.6 Å². The van der Waals surface area contributed by atoms with Crippen molar-refractivity contribution in [2.45, 2.75) is 30.7 Å². The van der Waals surface area contributed by atoms with Crippen LogP contribution in [0.5, 0.6) is 0 Å². The van der Waals surface area contributed by atoms with Crippen molar-refractivity contribution < 1.29 is 13.3 Å². The average Bonchev–Trinajstić information content (AvgIpc) is 3.15. The molecule has 1 aliphatic rings. The number of sulfone groups is 1. The third-order valence-corrected chi connectivity index (χ3v) is 5.91. The lowest BCUT2D eigenvalue weighted by Crippen LogP contribution is -2.18. The predicted molar refractivity (Wildman–Crippen MR) is 106 cm³/mol. The van der Waals surface area contributed by atoms with Crippen molar-refractivity contribution in [2.24, 2.45) is 0 Å². The summed E-state index contributed by atoms with van der Waals surface area (Å²) in [5.74, 6) is 0. The summed E-state index contributed by atoms with van der Waals surface area (Å²) in [6, 6.07) is 12.3. The van der Waals surface area contributed by atoms with Crippen molar-refractivity contribution in [3.8, 4) is 0 Å². The van der Waals surface area contributed by atoms with E-state index in [4.69, 9.17) is 0 Å². The lowest BCUT2D eigenvalue weighted by Gasteiger charge is -2.21. The van der Waals surface area contributed by atoms with Crippen LogP contribution in [0.25, 0.3) is 0 Å². The number of hydrogen-bond acceptors (Lipinski definition) is 6. The molecule has 1 atom stereocenters. The number of benzene rings is 2. The number of nitro groups is 1. The Labute approximate surface area is 159 Å². The molecule has 0 saturated carbocycles. The first-order valence-electron chi connectivity index (χ1n) is 8.85. The Bertz CT molecular complexity index is 953. The van der Waals surface area contributed by atoms with E-state index in [1.807, 2.05) is 19.1 Å². The highest BCUT2D eigenvalue weighted by atomic mass is 32.2. The van der Waals surface area contributed by atoms with Crippen LogP contribution in [-0.4, -0.2) is 32.7 Å². The molecule has 0 radical (unpaired) electrons. The molecule has 1 aliphatic heterocycles. The molecule has 144 valence electrons. The second-order valence-electron chi connectivity index (χ2n) is 6.87. The number of anilines is 2. The van der Waals surface area contributed by atoms with Gasteiger partial charge in [0.2, 0.25) is 0 Å². The zero-order valence-electron chi connectivity index (χ0n) is 15.4. The molecule has 8 heteroatoms. The average molecular weight is 389 g/mol. The molecule has 27 heavy (non-hydrogen) atoms. The molecule has 0 bridgehead atoms. The van der Waals surface area contributed by atoms with Gasteiger partial charge in [-0.25, -0.2) is 8.42 Å². The molecule has 1 unspecified atom stereocenters. The Balaban J connectivity index is 1.85. The van der Waals surface area contributed by atoms with E-state index in [1.54, 1.807) is 0 Å². The molecule has 2 aromatic carbocycles. The highest BCUT2D eigenvalue weighted by molar-refractivity contribution is 7.90. The van der Waals surface area contributed by atoms with Crippen LogP contribution in [0.15, 0.2) is 47.4 Å². The van der Waals surface area contributed by atoms with Crippen molar-refractivity contribution in [1.82, 2.24) is 0 Å². The van der Waals surface area contributed by atoms with Crippen LogP contribution in [0.4, 0.5) is 17.1 Å². The summed E-state index contributed by atoms with van der Waals surface area (Å²) in [6.07, 6.45) is 3.38. The SMILES string of the molecule is CC(Nc1ccc([N+](=O)[O-])c(S(C)(=O)=O)c1)c1cccc(N2CCCC2)c1. The van der Waals surface area contributed by atoms with Crippen molar-refractivity contribution >= 4 is 26.9 Å². The van der Waals surface area contributed by atoms with Gasteiger partial charge >= 0.3 is 0 Å². The molecular weight excluding hydrogens is 366 g/mol. The highest BCUT2D eigenvalue weighted by Crippen LogP contribution is 2.30. The van der Waals surface area contributed by atoms with Crippen molar-refractivity contribution in [3.63, 3.8) is 0 Å². The fraction of sp³-hybridized carbons (Fsp3) is 0.368. The third-order valence-electron chi connectivity index (χ3n) is 4.78. The van der Waals surface area contributed by atoms with Crippen LogP contribution in [0.2, 0.25) is 0 Å². The maximum absolute atomic E-state index is 11.9. The first-order chi connectivity index (χ1) is 12.8. The molecule has 2 aromatic rings. The fourth-order valence-corrected chi connectivity index (χ4v) is 4.21.